The van der Waals surface area contributed by atoms with Gasteiger partial charge in [0.2, 0.25) is 0 Å². The molecule has 0 fully saturated rings. The molecule has 0 heterocycles. The number of fused-ring (bicyclic) bond motifs is 1. The number of anilines is 1. The van der Waals surface area contributed by atoms with Crippen LogP contribution in [0.2, 0.25) is 0 Å². The quantitative estimate of drug-likeness (QED) is 0.693. The maximum atomic E-state index is 11.5. The first kappa shape index (κ1) is 8.84. The van der Waals surface area contributed by atoms with E-state index in [1.54, 1.807) is 12.1 Å². The molecule has 0 aromatic heterocycles. The van der Waals surface area contributed by atoms with Crippen molar-refractivity contribution in [3.05, 3.63) is 36.4 Å². The van der Waals surface area contributed by atoms with Gasteiger partial charge in [-0.15, -0.1) is 5.75 Å². The summed E-state index contributed by atoms with van der Waals surface area (Å²) in [6.07, 6.45) is 0. The van der Waals surface area contributed by atoms with Crippen LogP contribution in [0.25, 0.3) is 10.8 Å². The van der Waals surface area contributed by atoms with Gasteiger partial charge < -0.3 is 5.11 Å². The van der Waals surface area contributed by atoms with Gasteiger partial charge in [-0.25, -0.2) is 0 Å². The van der Waals surface area contributed by atoms with Crippen LogP contribution < -0.4 is 10.2 Å². The summed E-state index contributed by atoms with van der Waals surface area (Å²) in [5, 5.41) is 23.2. The van der Waals surface area contributed by atoms with Gasteiger partial charge in [0.25, 0.3) is 0 Å². The van der Waals surface area contributed by atoms with Gasteiger partial charge in [0.15, 0.2) is 0 Å². The summed E-state index contributed by atoms with van der Waals surface area (Å²) in [7, 11) is 1.53. The minimum atomic E-state index is -0.0220. The van der Waals surface area contributed by atoms with Crippen molar-refractivity contribution in [1.29, 1.82) is 0 Å². The first-order chi connectivity index (χ1) is 6.70. The van der Waals surface area contributed by atoms with E-state index in [0.717, 1.165) is 10.4 Å². The topological polar surface area (TPSA) is 46.5 Å². The summed E-state index contributed by atoms with van der Waals surface area (Å²) in [5.41, 5.74) is 0.639. The van der Waals surface area contributed by atoms with Crippen molar-refractivity contribution in [2.24, 2.45) is 0 Å². The summed E-state index contributed by atoms with van der Waals surface area (Å²) in [5.74, 6) is -0.0220. The van der Waals surface area contributed by atoms with E-state index in [4.69, 9.17) is 0 Å². The highest BCUT2D eigenvalue weighted by molar-refractivity contribution is 5.97. The van der Waals surface area contributed by atoms with E-state index in [1.165, 1.54) is 13.1 Å². The van der Waals surface area contributed by atoms with Crippen LogP contribution in [0.4, 0.5) is 5.69 Å². The van der Waals surface area contributed by atoms with Crippen molar-refractivity contribution in [2.75, 3.05) is 12.1 Å². The molecule has 3 nitrogen and oxygen atoms in total. The van der Waals surface area contributed by atoms with Crippen LogP contribution in [-0.2, 0) is 0 Å². The van der Waals surface area contributed by atoms with Crippen LogP contribution >= 0.6 is 0 Å². The maximum absolute atomic E-state index is 11.5. The zero-order valence-corrected chi connectivity index (χ0v) is 7.77. The third-order valence-electron chi connectivity index (χ3n) is 2.21. The van der Waals surface area contributed by atoms with Crippen molar-refractivity contribution >= 4 is 16.5 Å². The Bertz CT molecular complexity index is 466. The average molecular weight is 188 g/mol. The molecule has 0 amide bonds. The van der Waals surface area contributed by atoms with Crippen molar-refractivity contribution < 1.29 is 10.3 Å². The monoisotopic (exact) mass is 188 g/mol. The molecular formula is C11H10NO2-. The number of hydrogen-bond acceptors (Lipinski definition) is 3. The van der Waals surface area contributed by atoms with Gasteiger partial charge >= 0.3 is 0 Å². The lowest BCUT2D eigenvalue weighted by Crippen LogP contribution is -2.10. The number of nitrogens with zero attached hydrogens (tertiary/aromatic N) is 1. The third-order valence-corrected chi connectivity index (χ3v) is 2.21. The minimum Gasteiger partial charge on any atom is -0.872 e. The molecule has 0 spiro atoms. The second-order valence-corrected chi connectivity index (χ2v) is 3.15. The average Bonchev–Trinajstić information content (AvgIpc) is 2.18. The van der Waals surface area contributed by atoms with Crippen LogP contribution in [-0.4, -0.2) is 12.3 Å². The van der Waals surface area contributed by atoms with Gasteiger partial charge in [-0.3, -0.25) is 10.3 Å². The molecule has 0 radical (unpaired) electrons. The Labute approximate surface area is 81.8 Å². The summed E-state index contributed by atoms with van der Waals surface area (Å²) in [6.45, 7) is 0. The third kappa shape index (κ3) is 1.28. The van der Waals surface area contributed by atoms with Gasteiger partial charge in [-0.1, -0.05) is 30.3 Å². The van der Waals surface area contributed by atoms with E-state index < -0.39 is 0 Å². The van der Waals surface area contributed by atoms with Crippen molar-refractivity contribution in [3.63, 3.8) is 0 Å². The number of benzene rings is 2. The first-order valence-corrected chi connectivity index (χ1v) is 4.31. The standard InChI is InChI=1S/C11H11NO2/c1-12(14)10-6-7-11(13)9-5-3-2-4-8(9)10/h2-7,13-14H,1H3/p-1. The van der Waals surface area contributed by atoms with Crippen molar-refractivity contribution in [3.8, 4) is 5.75 Å². The Hall–Kier alpha value is -1.74. The molecule has 0 aliphatic heterocycles. The van der Waals surface area contributed by atoms with Crippen molar-refractivity contribution in [2.45, 2.75) is 0 Å². The second-order valence-electron chi connectivity index (χ2n) is 3.15. The fourth-order valence-electron chi connectivity index (χ4n) is 1.54. The molecule has 0 saturated carbocycles. The van der Waals surface area contributed by atoms with Crippen LogP contribution in [0.3, 0.4) is 0 Å². The van der Waals surface area contributed by atoms with E-state index in [9.17, 15) is 10.3 Å². The lowest BCUT2D eigenvalue weighted by Gasteiger charge is -2.17. The lowest BCUT2D eigenvalue weighted by atomic mass is 10.1. The molecule has 0 aliphatic carbocycles. The van der Waals surface area contributed by atoms with E-state index in [2.05, 4.69) is 0 Å². The van der Waals surface area contributed by atoms with Crippen molar-refractivity contribution in [1.82, 2.24) is 0 Å². The normalized spacial score (nSPS) is 10.4. The zero-order chi connectivity index (χ0) is 10.1. The first-order valence-electron chi connectivity index (χ1n) is 4.31. The molecule has 2 aromatic carbocycles. The van der Waals surface area contributed by atoms with E-state index in [1.807, 2.05) is 18.2 Å². The molecule has 14 heavy (non-hydrogen) atoms. The number of hydrogen-bond donors (Lipinski definition) is 1. The Morgan fingerprint density at radius 1 is 1.07 bits per heavy atom. The molecular weight excluding hydrogens is 178 g/mol. The van der Waals surface area contributed by atoms with Gasteiger partial charge in [-0.2, -0.15) is 0 Å². The van der Waals surface area contributed by atoms with Gasteiger partial charge in [-0.05, 0) is 11.5 Å². The van der Waals surface area contributed by atoms with Gasteiger partial charge in [0.1, 0.15) is 0 Å². The van der Waals surface area contributed by atoms with Crippen LogP contribution in [0.5, 0.6) is 5.75 Å². The van der Waals surface area contributed by atoms with Crippen LogP contribution in [0, 0.1) is 0 Å². The molecule has 2 aromatic rings. The molecule has 72 valence electrons. The summed E-state index contributed by atoms with van der Waals surface area (Å²) in [4.78, 5) is 0. The molecule has 0 bridgehead atoms. The maximum Gasteiger partial charge on any atom is 0.0708 e. The molecule has 2 rings (SSSR count). The van der Waals surface area contributed by atoms with Crippen LogP contribution in [0.15, 0.2) is 36.4 Å². The molecule has 0 atom stereocenters. The molecule has 1 N–H and O–H groups in total. The lowest BCUT2D eigenvalue weighted by molar-refractivity contribution is -0.265. The molecule has 3 heteroatoms. The van der Waals surface area contributed by atoms with E-state index >= 15 is 0 Å². The smallest absolute Gasteiger partial charge is 0.0708 e. The SMILES string of the molecule is CN(O)c1ccc([O-])c2ccccc12. The predicted octanol–water partition coefficient (Wildman–Crippen LogP) is 1.74. The molecule has 0 saturated heterocycles. The van der Waals surface area contributed by atoms with Crippen LogP contribution in [0.1, 0.15) is 0 Å². The minimum absolute atomic E-state index is 0.0220. The highest BCUT2D eigenvalue weighted by Crippen LogP contribution is 2.30. The summed E-state index contributed by atoms with van der Waals surface area (Å²) < 4.78 is 0. The number of hydroxylamine groups is 1. The summed E-state index contributed by atoms with van der Waals surface area (Å²) in [6, 6.07) is 10.3. The fourth-order valence-corrected chi connectivity index (χ4v) is 1.54. The Kier molecular flexibility index (Phi) is 2.02. The largest absolute Gasteiger partial charge is 0.872 e. The Morgan fingerprint density at radius 2 is 1.71 bits per heavy atom. The molecule has 0 aliphatic rings. The van der Waals surface area contributed by atoms with E-state index in [0.29, 0.717) is 11.1 Å². The van der Waals surface area contributed by atoms with E-state index in [-0.39, 0.29) is 5.75 Å². The Morgan fingerprint density at radius 3 is 2.36 bits per heavy atom. The number of rotatable bonds is 1. The zero-order valence-electron chi connectivity index (χ0n) is 7.77. The second kappa shape index (κ2) is 3.20. The highest BCUT2D eigenvalue weighted by Gasteiger charge is 2.02. The fraction of sp³-hybridized carbons (Fsp3) is 0.0909. The summed E-state index contributed by atoms with van der Waals surface area (Å²) >= 11 is 0. The van der Waals surface area contributed by atoms with Gasteiger partial charge in [0, 0.05) is 12.4 Å². The van der Waals surface area contributed by atoms with Gasteiger partial charge in [0.05, 0.1) is 5.69 Å². The molecule has 0 unspecified atom stereocenters. The predicted molar refractivity (Wildman–Crippen MR) is 53.6 cm³/mol. The highest BCUT2D eigenvalue weighted by atomic mass is 16.5. The Balaban J connectivity index is 2.82.